The Morgan fingerprint density at radius 2 is 0.596 bits per heavy atom. The van der Waals surface area contributed by atoms with E-state index in [9.17, 15) is 0 Å². The number of hydrogen-bond donors (Lipinski definition) is 2. The molecule has 0 rings (SSSR count). The second-order valence-corrected chi connectivity index (χ2v) is 16.9. The maximum absolute atomic E-state index is 6.07. The number of nitrogens with zero attached hydrogens (tertiary/aromatic N) is 2. The van der Waals surface area contributed by atoms with Gasteiger partial charge in [0.15, 0.2) is 0 Å². The summed E-state index contributed by atoms with van der Waals surface area (Å²) in [6.45, 7) is 17.8. The Bertz CT molecular complexity index is 661. The van der Waals surface area contributed by atoms with E-state index in [-0.39, 0.29) is 0 Å². The van der Waals surface area contributed by atoms with Crippen LogP contribution in [0.2, 0.25) is 0 Å². The first-order valence-electron chi connectivity index (χ1n) is 23.7. The van der Waals surface area contributed by atoms with Gasteiger partial charge in [0, 0.05) is 26.2 Å². The first-order chi connectivity index (χ1) is 25.6. The van der Waals surface area contributed by atoms with E-state index in [0.29, 0.717) is 11.8 Å². The van der Waals surface area contributed by atoms with Crippen molar-refractivity contribution in [2.45, 2.75) is 220 Å². The second kappa shape index (κ2) is 43.1. The molecule has 0 aliphatic heterocycles. The summed E-state index contributed by atoms with van der Waals surface area (Å²) >= 11 is 0. The van der Waals surface area contributed by atoms with Crippen LogP contribution in [0.1, 0.15) is 220 Å². The maximum atomic E-state index is 6.07. The van der Waals surface area contributed by atoms with Crippen molar-refractivity contribution in [3.05, 3.63) is 24.3 Å². The van der Waals surface area contributed by atoms with Crippen LogP contribution >= 0.6 is 0 Å². The average Bonchev–Trinajstić information content (AvgIpc) is 3.15. The third-order valence-electron chi connectivity index (χ3n) is 11.1. The van der Waals surface area contributed by atoms with Crippen LogP contribution in [0.25, 0.3) is 0 Å². The quantitative estimate of drug-likeness (QED) is 0.0484. The summed E-state index contributed by atoms with van der Waals surface area (Å²) < 4.78 is 0. The maximum Gasteiger partial charge on any atom is 0.0109 e. The smallest absolute Gasteiger partial charge is 0.0109 e. The highest BCUT2D eigenvalue weighted by atomic mass is 15.2. The molecule has 0 aromatic heterocycles. The van der Waals surface area contributed by atoms with E-state index < -0.39 is 0 Å². The van der Waals surface area contributed by atoms with E-state index >= 15 is 0 Å². The molecule has 0 heterocycles. The molecule has 0 radical (unpaired) electrons. The number of hydrogen-bond acceptors (Lipinski definition) is 4. The third kappa shape index (κ3) is 39.0. The fraction of sp³-hybridized carbons (Fsp3) is 0.917. The Balaban J connectivity index is 4.12. The van der Waals surface area contributed by atoms with Crippen molar-refractivity contribution in [2.75, 3.05) is 52.4 Å². The first-order valence-corrected chi connectivity index (χ1v) is 23.7. The highest BCUT2D eigenvalue weighted by Gasteiger charge is 2.14. The minimum absolute atomic E-state index is 0.566. The molecular weight excluding hydrogens is 633 g/mol. The topological polar surface area (TPSA) is 58.5 Å². The summed E-state index contributed by atoms with van der Waals surface area (Å²) in [5, 5.41) is 0. The number of allylic oxidation sites excluding steroid dienone is 4. The van der Waals surface area contributed by atoms with Gasteiger partial charge in [0.1, 0.15) is 0 Å². The highest BCUT2D eigenvalue weighted by Crippen LogP contribution is 2.14. The Hall–Kier alpha value is -0.680. The summed E-state index contributed by atoms with van der Waals surface area (Å²) in [5.41, 5.74) is 12.1. The molecule has 0 amide bonds. The Morgan fingerprint density at radius 1 is 0.346 bits per heavy atom. The molecule has 4 N–H and O–H groups in total. The van der Waals surface area contributed by atoms with Crippen molar-refractivity contribution in [3.63, 3.8) is 0 Å². The van der Waals surface area contributed by atoms with Gasteiger partial charge in [0.2, 0.25) is 0 Å². The average molecular weight is 731 g/mol. The van der Waals surface area contributed by atoms with Crippen LogP contribution in [0.3, 0.4) is 0 Å². The van der Waals surface area contributed by atoms with Crippen molar-refractivity contribution >= 4 is 0 Å². The zero-order valence-corrected chi connectivity index (χ0v) is 36.4. The summed E-state index contributed by atoms with van der Waals surface area (Å²) in [4.78, 5) is 5.44. The van der Waals surface area contributed by atoms with E-state index in [4.69, 9.17) is 11.5 Å². The van der Waals surface area contributed by atoms with Crippen LogP contribution < -0.4 is 11.5 Å². The van der Waals surface area contributed by atoms with Crippen LogP contribution in [-0.4, -0.2) is 62.2 Å². The van der Waals surface area contributed by atoms with E-state index in [1.807, 2.05) is 0 Å². The molecule has 0 aliphatic rings. The summed E-state index contributed by atoms with van der Waals surface area (Å²) in [5.74, 6) is 1.13. The monoisotopic (exact) mass is 731 g/mol. The van der Waals surface area contributed by atoms with Crippen molar-refractivity contribution < 1.29 is 0 Å². The second-order valence-electron chi connectivity index (χ2n) is 16.9. The zero-order valence-electron chi connectivity index (χ0n) is 36.4. The molecule has 0 saturated heterocycles. The lowest BCUT2D eigenvalue weighted by atomic mass is 10.1. The predicted octanol–water partition coefficient (Wildman–Crippen LogP) is 13.6. The molecule has 0 saturated carbocycles. The number of rotatable bonds is 43. The molecule has 4 nitrogen and oxygen atoms in total. The van der Waals surface area contributed by atoms with Crippen LogP contribution in [-0.2, 0) is 0 Å². The van der Waals surface area contributed by atoms with Crippen molar-refractivity contribution in [2.24, 2.45) is 23.3 Å². The standard InChI is InChI=1S/C48H98N4/c1-5-7-9-11-13-15-17-19-21-23-25-27-29-31-33-35-37-39-51(45-47(3)43-49)41-42-52(46-48(4)44-50)40-38-36-34-32-30-28-26-24-22-20-18-16-14-12-10-8-6-2/h21-24,47-48H,5-20,25-46,49-50H2,1-4H3/b23-21+,24-22+. The van der Waals surface area contributed by atoms with Crippen molar-refractivity contribution in [3.8, 4) is 0 Å². The highest BCUT2D eigenvalue weighted by molar-refractivity contribution is 4.82. The molecule has 0 aromatic rings. The molecule has 0 aliphatic carbocycles. The van der Waals surface area contributed by atoms with Crippen molar-refractivity contribution in [1.29, 1.82) is 0 Å². The van der Waals surface area contributed by atoms with Gasteiger partial charge in [-0.1, -0.05) is 180 Å². The Morgan fingerprint density at radius 3 is 0.865 bits per heavy atom. The van der Waals surface area contributed by atoms with E-state index in [1.165, 1.54) is 219 Å². The molecule has 2 atom stereocenters. The van der Waals surface area contributed by atoms with E-state index in [1.54, 1.807) is 0 Å². The van der Waals surface area contributed by atoms with Gasteiger partial charge in [-0.05, 0) is 102 Å². The SMILES string of the molecule is CCCCCCCCC/C=C/CCCCCCCCN(CCN(CCCCCCCC/C=C/CCCCCCCCC)CC(C)CN)CC(C)CN. The molecule has 0 spiro atoms. The Kier molecular flexibility index (Phi) is 42.5. The predicted molar refractivity (Wildman–Crippen MR) is 237 cm³/mol. The number of nitrogens with two attached hydrogens (primary N) is 2. The molecule has 310 valence electrons. The van der Waals surface area contributed by atoms with Gasteiger partial charge >= 0.3 is 0 Å². The zero-order chi connectivity index (χ0) is 38.0. The van der Waals surface area contributed by atoms with E-state index in [0.717, 1.165) is 26.2 Å². The molecule has 52 heavy (non-hydrogen) atoms. The van der Waals surface area contributed by atoms with Gasteiger partial charge in [-0.25, -0.2) is 0 Å². The van der Waals surface area contributed by atoms with Gasteiger partial charge in [-0.3, -0.25) is 0 Å². The van der Waals surface area contributed by atoms with Gasteiger partial charge in [-0.2, -0.15) is 0 Å². The fourth-order valence-electron chi connectivity index (χ4n) is 7.42. The fourth-order valence-corrected chi connectivity index (χ4v) is 7.42. The molecular formula is C48H98N4. The van der Waals surface area contributed by atoms with Crippen LogP contribution in [0, 0.1) is 11.8 Å². The lowest BCUT2D eigenvalue weighted by Crippen LogP contribution is -2.41. The van der Waals surface area contributed by atoms with Crippen LogP contribution in [0.5, 0.6) is 0 Å². The van der Waals surface area contributed by atoms with Gasteiger partial charge in [0.05, 0.1) is 0 Å². The minimum atomic E-state index is 0.566. The molecule has 2 unspecified atom stereocenters. The minimum Gasteiger partial charge on any atom is -0.330 e. The van der Waals surface area contributed by atoms with Gasteiger partial charge < -0.3 is 21.3 Å². The summed E-state index contributed by atoms with van der Waals surface area (Å²) in [6, 6.07) is 0. The van der Waals surface area contributed by atoms with E-state index in [2.05, 4.69) is 61.8 Å². The van der Waals surface area contributed by atoms with Gasteiger partial charge in [-0.15, -0.1) is 0 Å². The van der Waals surface area contributed by atoms with Crippen LogP contribution in [0.4, 0.5) is 0 Å². The normalized spacial score (nSPS) is 13.5. The molecule has 4 heteroatoms. The molecule has 0 aromatic carbocycles. The van der Waals surface area contributed by atoms with Crippen LogP contribution in [0.15, 0.2) is 24.3 Å². The molecule has 0 bridgehead atoms. The first kappa shape index (κ1) is 51.3. The number of unbranched alkanes of at least 4 members (excludes halogenated alkanes) is 26. The van der Waals surface area contributed by atoms with Crippen molar-refractivity contribution in [1.82, 2.24) is 9.80 Å². The van der Waals surface area contributed by atoms with Gasteiger partial charge in [0.25, 0.3) is 0 Å². The lowest BCUT2D eigenvalue weighted by molar-refractivity contribution is 0.171. The lowest BCUT2D eigenvalue weighted by Gasteiger charge is -2.30. The summed E-state index contributed by atoms with van der Waals surface area (Å²) in [6.07, 6.45) is 51.1. The largest absolute Gasteiger partial charge is 0.330 e. The third-order valence-corrected chi connectivity index (χ3v) is 11.1. The molecule has 0 fully saturated rings. The Labute approximate surface area is 329 Å². The summed E-state index contributed by atoms with van der Waals surface area (Å²) in [7, 11) is 0.